The SMILES string of the molecule is CCCC1CCC(COc2ccc(C(=O)Oc3cc(F)c(F)c(F)c3)c(F)c2)CC1. The topological polar surface area (TPSA) is 35.5 Å². The normalized spacial score (nSPS) is 18.8. The molecular weight excluding hydrogens is 400 g/mol. The highest BCUT2D eigenvalue weighted by molar-refractivity contribution is 5.91. The van der Waals surface area contributed by atoms with Crippen molar-refractivity contribution in [1.82, 2.24) is 0 Å². The number of rotatable bonds is 7. The summed E-state index contributed by atoms with van der Waals surface area (Å²) in [5.41, 5.74) is -0.424. The minimum Gasteiger partial charge on any atom is -0.493 e. The zero-order valence-electron chi connectivity index (χ0n) is 16.7. The molecule has 7 heteroatoms. The summed E-state index contributed by atoms with van der Waals surface area (Å²) in [6, 6.07) is 4.72. The third kappa shape index (κ3) is 5.52. The fourth-order valence-corrected chi connectivity index (χ4v) is 3.81. The smallest absolute Gasteiger partial charge is 0.346 e. The Balaban J connectivity index is 1.56. The summed E-state index contributed by atoms with van der Waals surface area (Å²) in [6.07, 6.45) is 7.00. The molecule has 0 atom stereocenters. The third-order valence-corrected chi connectivity index (χ3v) is 5.48. The maximum Gasteiger partial charge on any atom is 0.346 e. The Morgan fingerprint density at radius 2 is 1.50 bits per heavy atom. The quantitative estimate of drug-likeness (QED) is 0.222. The van der Waals surface area contributed by atoms with Crippen LogP contribution in [0.3, 0.4) is 0 Å². The van der Waals surface area contributed by atoms with Crippen LogP contribution in [0.25, 0.3) is 0 Å². The second-order valence-corrected chi connectivity index (χ2v) is 7.72. The minimum absolute atomic E-state index is 0.290. The highest BCUT2D eigenvalue weighted by Gasteiger charge is 2.22. The van der Waals surface area contributed by atoms with E-state index in [4.69, 9.17) is 9.47 Å². The van der Waals surface area contributed by atoms with Gasteiger partial charge in [-0.2, -0.15) is 0 Å². The predicted molar refractivity (Wildman–Crippen MR) is 104 cm³/mol. The standard InChI is InChI=1S/C23H24F4O3/c1-2-3-14-4-6-15(7-5-14)13-29-16-8-9-18(19(24)10-16)23(28)30-17-11-20(25)22(27)21(26)12-17/h8-12,14-15H,2-7,13H2,1H3. The van der Waals surface area contributed by atoms with Crippen molar-refractivity contribution in [3.8, 4) is 11.5 Å². The summed E-state index contributed by atoms with van der Waals surface area (Å²) in [6.45, 7) is 2.68. The van der Waals surface area contributed by atoms with E-state index in [0.29, 0.717) is 30.4 Å². The molecule has 2 aromatic carbocycles. The fraction of sp³-hybridized carbons (Fsp3) is 0.435. The zero-order valence-corrected chi connectivity index (χ0v) is 16.7. The molecule has 1 aliphatic carbocycles. The average Bonchev–Trinajstić information content (AvgIpc) is 2.71. The first kappa shape index (κ1) is 22.1. The van der Waals surface area contributed by atoms with Crippen LogP contribution in [0, 0.1) is 35.1 Å². The van der Waals surface area contributed by atoms with Gasteiger partial charge in [-0.1, -0.05) is 32.6 Å². The van der Waals surface area contributed by atoms with Crippen LogP contribution in [-0.2, 0) is 0 Å². The average molecular weight is 424 g/mol. The number of esters is 1. The van der Waals surface area contributed by atoms with Gasteiger partial charge < -0.3 is 9.47 Å². The molecule has 3 nitrogen and oxygen atoms in total. The molecular formula is C23H24F4O3. The molecule has 0 aromatic heterocycles. The highest BCUT2D eigenvalue weighted by Crippen LogP contribution is 2.32. The predicted octanol–water partition coefficient (Wildman–Crippen LogP) is 6.45. The van der Waals surface area contributed by atoms with E-state index in [1.165, 1.54) is 37.8 Å². The number of carbonyl (C=O) groups is 1. The van der Waals surface area contributed by atoms with E-state index in [9.17, 15) is 22.4 Å². The summed E-state index contributed by atoms with van der Waals surface area (Å²) in [4.78, 5) is 12.1. The van der Waals surface area contributed by atoms with Gasteiger partial charge in [-0.05, 0) is 36.8 Å². The van der Waals surface area contributed by atoms with Crippen molar-refractivity contribution in [3.05, 3.63) is 59.2 Å². The lowest BCUT2D eigenvalue weighted by atomic mass is 9.80. The molecule has 0 bridgehead atoms. The van der Waals surface area contributed by atoms with Gasteiger partial charge in [-0.25, -0.2) is 22.4 Å². The monoisotopic (exact) mass is 424 g/mol. The maximum absolute atomic E-state index is 14.3. The number of hydrogen-bond donors (Lipinski definition) is 0. The summed E-state index contributed by atoms with van der Waals surface area (Å²) in [7, 11) is 0. The number of carbonyl (C=O) groups excluding carboxylic acids is 1. The first-order chi connectivity index (χ1) is 14.4. The van der Waals surface area contributed by atoms with Gasteiger partial charge in [0, 0.05) is 18.2 Å². The first-order valence-electron chi connectivity index (χ1n) is 10.2. The molecule has 0 aliphatic heterocycles. The molecule has 3 rings (SSSR count). The van der Waals surface area contributed by atoms with Gasteiger partial charge >= 0.3 is 5.97 Å². The van der Waals surface area contributed by atoms with E-state index in [1.54, 1.807) is 0 Å². The Morgan fingerprint density at radius 1 is 0.900 bits per heavy atom. The van der Waals surface area contributed by atoms with Crippen molar-refractivity contribution in [1.29, 1.82) is 0 Å². The van der Waals surface area contributed by atoms with E-state index < -0.39 is 40.6 Å². The van der Waals surface area contributed by atoms with E-state index in [2.05, 4.69) is 6.92 Å². The Bertz CT molecular complexity index is 869. The Labute approximate surface area is 173 Å². The molecule has 0 N–H and O–H groups in total. The Kier molecular flexibility index (Phi) is 7.34. The molecule has 1 aliphatic rings. The second-order valence-electron chi connectivity index (χ2n) is 7.72. The van der Waals surface area contributed by atoms with Crippen LogP contribution in [0.4, 0.5) is 17.6 Å². The molecule has 30 heavy (non-hydrogen) atoms. The van der Waals surface area contributed by atoms with E-state index in [0.717, 1.165) is 24.8 Å². The lowest BCUT2D eigenvalue weighted by Crippen LogP contribution is -2.20. The molecule has 0 radical (unpaired) electrons. The van der Waals surface area contributed by atoms with Crippen molar-refractivity contribution < 1.29 is 31.8 Å². The van der Waals surface area contributed by atoms with Gasteiger partial charge in [-0.15, -0.1) is 0 Å². The zero-order chi connectivity index (χ0) is 21.7. The molecule has 0 heterocycles. The molecule has 0 spiro atoms. The molecule has 162 valence electrons. The fourth-order valence-electron chi connectivity index (χ4n) is 3.81. The van der Waals surface area contributed by atoms with Crippen LogP contribution in [0.15, 0.2) is 30.3 Å². The maximum atomic E-state index is 14.3. The molecule has 0 unspecified atom stereocenters. The molecule has 1 saturated carbocycles. The van der Waals surface area contributed by atoms with Gasteiger partial charge in [0.2, 0.25) is 0 Å². The summed E-state index contributed by atoms with van der Waals surface area (Å²) in [5, 5.41) is 0. The summed E-state index contributed by atoms with van der Waals surface area (Å²) in [5.74, 6) is -5.79. The van der Waals surface area contributed by atoms with Gasteiger partial charge in [0.05, 0.1) is 12.2 Å². The van der Waals surface area contributed by atoms with Gasteiger partial charge in [0.25, 0.3) is 0 Å². The van der Waals surface area contributed by atoms with Crippen LogP contribution in [0.2, 0.25) is 0 Å². The molecule has 0 saturated heterocycles. The van der Waals surface area contributed by atoms with E-state index >= 15 is 0 Å². The van der Waals surface area contributed by atoms with Crippen LogP contribution in [0.5, 0.6) is 11.5 Å². The number of hydrogen-bond acceptors (Lipinski definition) is 3. The third-order valence-electron chi connectivity index (χ3n) is 5.48. The Morgan fingerprint density at radius 3 is 2.10 bits per heavy atom. The van der Waals surface area contributed by atoms with E-state index in [-0.39, 0.29) is 0 Å². The number of halogens is 4. The minimum atomic E-state index is -1.68. The van der Waals surface area contributed by atoms with Gasteiger partial charge in [0.15, 0.2) is 17.5 Å². The lowest BCUT2D eigenvalue weighted by Gasteiger charge is -2.28. The van der Waals surface area contributed by atoms with Crippen LogP contribution in [0.1, 0.15) is 55.8 Å². The molecule has 0 amide bonds. The van der Waals surface area contributed by atoms with Crippen molar-refractivity contribution in [2.45, 2.75) is 45.4 Å². The highest BCUT2D eigenvalue weighted by atomic mass is 19.2. The molecule has 2 aromatic rings. The largest absolute Gasteiger partial charge is 0.493 e. The van der Waals surface area contributed by atoms with Crippen LogP contribution in [-0.4, -0.2) is 12.6 Å². The lowest BCUT2D eigenvalue weighted by molar-refractivity contribution is 0.0728. The first-order valence-corrected chi connectivity index (χ1v) is 10.2. The van der Waals surface area contributed by atoms with Gasteiger partial charge in [-0.3, -0.25) is 0 Å². The van der Waals surface area contributed by atoms with Crippen molar-refractivity contribution >= 4 is 5.97 Å². The Hall–Kier alpha value is -2.57. The number of ether oxygens (including phenoxy) is 2. The summed E-state index contributed by atoms with van der Waals surface area (Å²) >= 11 is 0. The van der Waals surface area contributed by atoms with Gasteiger partial charge in [0.1, 0.15) is 17.3 Å². The van der Waals surface area contributed by atoms with Crippen molar-refractivity contribution in [3.63, 3.8) is 0 Å². The number of benzene rings is 2. The summed E-state index contributed by atoms with van der Waals surface area (Å²) < 4.78 is 64.2. The molecule has 1 fully saturated rings. The van der Waals surface area contributed by atoms with Crippen LogP contribution >= 0.6 is 0 Å². The van der Waals surface area contributed by atoms with Crippen LogP contribution < -0.4 is 9.47 Å². The van der Waals surface area contributed by atoms with E-state index in [1.807, 2.05) is 0 Å². The van der Waals surface area contributed by atoms with Crippen molar-refractivity contribution in [2.75, 3.05) is 6.61 Å². The van der Waals surface area contributed by atoms with Crippen molar-refractivity contribution in [2.24, 2.45) is 11.8 Å². The second kappa shape index (κ2) is 9.96.